The van der Waals surface area contributed by atoms with Gasteiger partial charge in [-0.1, -0.05) is 19.8 Å². The van der Waals surface area contributed by atoms with E-state index in [-0.39, 0.29) is 11.5 Å². The van der Waals surface area contributed by atoms with E-state index in [0.717, 1.165) is 37.5 Å². The summed E-state index contributed by atoms with van der Waals surface area (Å²) in [5, 5.41) is 21.1. The summed E-state index contributed by atoms with van der Waals surface area (Å²) in [4.78, 5) is 0. The summed E-state index contributed by atoms with van der Waals surface area (Å²) in [6.07, 6.45) is 15.3. The van der Waals surface area contributed by atoms with E-state index in [4.69, 9.17) is 6.42 Å². The van der Waals surface area contributed by atoms with E-state index in [1.54, 1.807) is 0 Å². The summed E-state index contributed by atoms with van der Waals surface area (Å²) in [7, 11) is 0. The molecule has 0 bridgehead atoms. The highest BCUT2D eigenvalue weighted by molar-refractivity contribution is 5.16. The van der Waals surface area contributed by atoms with Crippen LogP contribution in [0.25, 0.3) is 0 Å². The monoisotopic (exact) mass is 316 g/mol. The van der Waals surface area contributed by atoms with Gasteiger partial charge in [0, 0.05) is 0 Å². The van der Waals surface area contributed by atoms with Crippen LogP contribution < -0.4 is 0 Å². The Morgan fingerprint density at radius 2 is 1.65 bits per heavy atom. The minimum atomic E-state index is -0.857. The first-order chi connectivity index (χ1) is 10.8. The van der Waals surface area contributed by atoms with Crippen molar-refractivity contribution < 1.29 is 10.2 Å². The van der Waals surface area contributed by atoms with Gasteiger partial charge in [-0.2, -0.15) is 0 Å². The number of terminal acetylenes is 1. The smallest absolute Gasteiger partial charge is 0.125 e. The molecular weight excluding hydrogens is 284 g/mol. The van der Waals surface area contributed by atoms with Crippen molar-refractivity contribution in [2.75, 3.05) is 0 Å². The second kappa shape index (κ2) is 4.99. The first-order valence-corrected chi connectivity index (χ1v) is 9.71. The molecule has 0 spiro atoms. The fourth-order valence-corrected chi connectivity index (χ4v) is 7.35. The Balaban J connectivity index is 1.61. The van der Waals surface area contributed by atoms with Crippen LogP contribution in [-0.4, -0.2) is 21.9 Å². The van der Waals surface area contributed by atoms with Gasteiger partial charge in [0.25, 0.3) is 0 Å². The summed E-state index contributed by atoms with van der Waals surface area (Å²) in [6.45, 7) is 4.83. The van der Waals surface area contributed by atoms with Gasteiger partial charge in [-0.3, -0.25) is 0 Å². The first-order valence-electron chi connectivity index (χ1n) is 9.71. The Morgan fingerprint density at radius 1 is 0.913 bits per heavy atom. The molecule has 2 nitrogen and oxygen atoms in total. The Hall–Kier alpha value is -0.520. The van der Waals surface area contributed by atoms with Gasteiger partial charge in [0.05, 0.1) is 6.10 Å². The van der Waals surface area contributed by atoms with E-state index in [1.165, 1.54) is 32.1 Å². The van der Waals surface area contributed by atoms with Crippen molar-refractivity contribution in [1.29, 1.82) is 0 Å². The lowest BCUT2D eigenvalue weighted by molar-refractivity contribution is -0.143. The second-order valence-corrected chi connectivity index (χ2v) is 9.67. The Kier molecular flexibility index (Phi) is 3.47. The summed E-state index contributed by atoms with van der Waals surface area (Å²) in [5.74, 6) is 5.51. The number of hydrogen-bond donors (Lipinski definition) is 2. The predicted molar refractivity (Wildman–Crippen MR) is 91.5 cm³/mol. The van der Waals surface area contributed by atoms with Gasteiger partial charge in [0.15, 0.2) is 0 Å². The minimum absolute atomic E-state index is 0.0862. The molecule has 4 aliphatic carbocycles. The van der Waals surface area contributed by atoms with Gasteiger partial charge in [0.2, 0.25) is 0 Å². The molecule has 0 unspecified atom stereocenters. The molecule has 128 valence electrons. The number of rotatable bonds is 0. The van der Waals surface area contributed by atoms with Crippen molar-refractivity contribution in [2.24, 2.45) is 34.5 Å². The molecular formula is C21H32O2. The van der Waals surface area contributed by atoms with Crippen LogP contribution in [0.1, 0.15) is 71.6 Å². The van der Waals surface area contributed by atoms with Gasteiger partial charge in [-0.15, -0.1) is 6.42 Å². The van der Waals surface area contributed by atoms with E-state index in [0.29, 0.717) is 17.3 Å². The highest BCUT2D eigenvalue weighted by atomic mass is 16.3. The average molecular weight is 316 g/mol. The third-order valence-corrected chi connectivity index (χ3v) is 8.95. The van der Waals surface area contributed by atoms with Gasteiger partial charge >= 0.3 is 0 Å². The zero-order valence-corrected chi connectivity index (χ0v) is 14.7. The minimum Gasteiger partial charge on any atom is -0.393 e. The van der Waals surface area contributed by atoms with Crippen LogP contribution in [0.4, 0.5) is 0 Å². The molecule has 4 rings (SSSR count). The lowest BCUT2D eigenvalue weighted by Crippen LogP contribution is -2.56. The maximum Gasteiger partial charge on any atom is 0.125 e. The summed E-state index contributed by atoms with van der Waals surface area (Å²) in [6, 6.07) is 0. The van der Waals surface area contributed by atoms with Crippen LogP contribution in [0, 0.1) is 46.8 Å². The van der Waals surface area contributed by atoms with Crippen molar-refractivity contribution in [3.05, 3.63) is 0 Å². The maximum atomic E-state index is 10.6. The lowest BCUT2D eigenvalue weighted by atomic mass is 9.44. The topological polar surface area (TPSA) is 40.5 Å². The summed E-state index contributed by atoms with van der Waals surface area (Å²) >= 11 is 0. The zero-order valence-electron chi connectivity index (χ0n) is 14.7. The largest absolute Gasteiger partial charge is 0.393 e. The summed E-state index contributed by atoms with van der Waals surface area (Å²) < 4.78 is 0. The van der Waals surface area contributed by atoms with Gasteiger partial charge < -0.3 is 10.2 Å². The zero-order chi connectivity index (χ0) is 16.5. The Morgan fingerprint density at radius 3 is 2.39 bits per heavy atom. The third-order valence-electron chi connectivity index (χ3n) is 8.95. The molecule has 2 heteroatoms. The number of aliphatic hydroxyl groups excluding tert-OH is 1. The first kappa shape index (κ1) is 16.0. The molecule has 0 saturated heterocycles. The number of aliphatic hydroxyl groups is 2. The van der Waals surface area contributed by atoms with Crippen molar-refractivity contribution in [3.8, 4) is 12.3 Å². The van der Waals surface area contributed by atoms with E-state index >= 15 is 0 Å². The highest BCUT2D eigenvalue weighted by Gasteiger charge is 2.60. The Bertz CT molecular complexity index is 536. The number of fused-ring (bicyclic) bond motifs is 5. The van der Waals surface area contributed by atoms with Gasteiger partial charge in [-0.05, 0) is 92.3 Å². The molecule has 0 aliphatic heterocycles. The molecule has 0 heterocycles. The van der Waals surface area contributed by atoms with Crippen LogP contribution in [0.2, 0.25) is 0 Å². The lowest BCUT2D eigenvalue weighted by Gasteiger charge is -2.61. The van der Waals surface area contributed by atoms with Crippen LogP contribution in [0.3, 0.4) is 0 Å². The van der Waals surface area contributed by atoms with Crippen LogP contribution in [0.15, 0.2) is 0 Å². The third kappa shape index (κ3) is 2.09. The van der Waals surface area contributed by atoms with E-state index < -0.39 is 5.60 Å². The SMILES string of the molecule is C#C[C@@]1(O)CC[C@@]2(C)[C@@H](CC[C@H]3[C@H]4CC[C@H](O)[C@]4(C)CC[C@@H]32)C1. The highest BCUT2D eigenvalue weighted by Crippen LogP contribution is 2.66. The molecule has 8 atom stereocenters. The van der Waals surface area contributed by atoms with E-state index in [9.17, 15) is 10.2 Å². The molecule has 4 saturated carbocycles. The number of hydrogen-bond acceptors (Lipinski definition) is 2. The quantitative estimate of drug-likeness (QED) is 0.668. The molecule has 23 heavy (non-hydrogen) atoms. The molecule has 0 aromatic heterocycles. The second-order valence-electron chi connectivity index (χ2n) is 9.67. The molecule has 0 radical (unpaired) electrons. The average Bonchev–Trinajstić information content (AvgIpc) is 2.84. The van der Waals surface area contributed by atoms with E-state index in [1.807, 2.05) is 0 Å². The molecule has 2 N–H and O–H groups in total. The van der Waals surface area contributed by atoms with Gasteiger partial charge in [0.1, 0.15) is 5.60 Å². The Labute approximate surface area is 141 Å². The molecule has 0 amide bonds. The molecule has 4 aliphatic rings. The van der Waals surface area contributed by atoms with Crippen molar-refractivity contribution >= 4 is 0 Å². The molecule has 4 fully saturated rings. The molecule has 0 aromatic rings. The standard InChI is InChI=1S/C21H32O2/c1-4-21(23)12-11-19(2)14(13-21)5-6-15-16-7-8-18(22)20(16,3)10-9-17(15)19/h1,14-18,22-23H,5-13H2,2-3H3/t14-,15-,16+,17-,18-,19-,20+,21+/m0/s1. The fraction of sp³-hybridized carbons (Fsp3) is 0.905. The van der Waals surface area contributed by atoms with Crippen LogP contribution in [0.5, 0.6) is 0 Å². The van der Waals surface area contributed by atoms with Crippen molar-refractivity contribution in [1.82, 2.24) is 0 Å². The fourth-order valence-electron chi connectivity index (χ4n) is 7.35. The van der Waals surface area contributed by atoms with Crippen LogP contribution >= 0.6 is 0 Å². The van der Waals surface area contributed by atoms with Crippen molar-refractivity contribution in [2.45, 2.75) is 83.3 Å². The van der Waals surface area contributed by atoms with Crippen LogP contribution in [-0.2, 0) is 0 Å². The molecule has 0 aromatic carbocycles. The summed E-state index contributed by atoms with van der Waals surface area (Å²) in [5.41, 5.74) is -0.344. The normalized spacial score (nSPS) is 58.7. The predicted octanol–water partition coefficient (Wildman–Crippen LogP) is 3.75. The van der Waals surface area contributed by atoms with Gasteiger partial charge in [-0.25, -0.2) is 0 Å². The van der Waals surface area contributed by atoms with Crippen molar-refractivity contribution in [3.63, 3.8) is 0 Å². The maximum absolute atomic E-state index is 10.6. The van der Waals surface area contributed by atoms with E-state index in [2.05, 4.69) is 19.8 Å².